The lowest BCUT2D eigenvalue weighted by Crippen LogP contribution is -2.36. The zero-order chi connectivity index (χ0) is 26.8. The molecule has 1 saturated heterocycles. The number of phenols is 1. The summed E-state index contributed by atoms with van der Waals surface area (Å²) in [5.41, 5.74) is 0.800. The van der Waals surface area contributed by atoms with Gasteiger partial charge in [0.2, 0.25) is 0 Å². The van der Waals surface area contributed by atoms with Crippen LogP contribution in [0.1, 0.15) is 43.9 Å². The van der Waals surface area contributed by atoms with Gasteiger partial charge in [0, 0.05) is 16.2 Å². The van der Waals surface area contributed by atoms with Gasteiger partial charge in [-0.15, -0.1) is 0 Å². The van der Waals surface area contributed by atoms with Gasteiger partial charge in [-0.05, 0) is 48.2 Å². The van der Waals surface area contributed by atoms with Gasteiger partial charge in [-0.25, -0.2) is 4.79 Å². The first-order valence-electron chi connectivity index (χ1n) is 12.1. The zero-order valence-electron chi connectivity index (χ0n) is 21.2. The normalized spacial score (nSPS) is 22.8. The lowest BCUT2D eigenvalue weighted by Gasteiger charge is -2.21. The maximum atomic E-state index is 13.3. The maximum Gasteiger partial charge on any atom is 0.344 e. The number of rotatable bonds is 5. The smallest absolute Gasteiger partial charge is 0.344 e. The van der Waals surface area contributed by atoms with E-state index in [0.717, 1.165) is 5.56 Å². The molecule has 5 rings (SSSR count). The predicted molar refractivity (Wildman–Crippen MR) is 138 cm³/mol. The van der Waals surface area contributed by atoms with Crippen molar-refractivity contribution in [2.75, 3.05) is 14.2 Å². The molecular formula is C28H30O9. The SMILES string of the molecule is COc1cc2c(oc(=O)c3cc(C(C)C)cc(OC)c32)c2c([C@H]3O[C@@H]([C@@H](C)O)[C@H](O)[C@H]3O)ccc(O)c12. The Morgan fingerprint density at radius 2 is 1.57 bits per heavy atom. The molecule has 0 radical (unpaired) electrons. The van der Waals surface area contributed by atoms with Crippen LogP contribution in [0.5, 0.6) is 17.2 Å². The topological polar surface area (TPSA) is 139 Å². The Bertz CT molecular complexity index is 1570. The monoisotopic (exact) mass is 510 g/mol. The van der Waals surface area contributed by atoms with Crippen molar-refractivity contribution in [3.05, 3.63) is 51.9 Å². The molecule has 0 spiro atoms. The van der Waals surface area contributed by atoms with Gasteiger partial charge in [0.05, 0.1) is 31.1 Å². The molecular weight excluding hydrogens is 480 g/mol. The summed E-state index contributed by atoms with van der Waals surface area (Å²) in [6, 6.07) is 8.27. The van der Waals surface area contributed by atoms with Crippen LogP contribution in [0.4, 0.5) is 0 Å². The van der Waals surface area contributed by atoms with E-state index in [9.17, 15) is 25.2 Å². The van der Waals surface area contributed by atoms with Crippen molar-refractivity contribution in [1.82, 2.24) is 0 Å². The molecule has 9 heteroatoms. The first-order valence-corrected chi connectivity index (χ1v) is 12.1. The highest BCUT2D eigenvalue weighted by atomic mass is 16.6. The molecule has 0 saturated carbocycles. The largest absolute Gasteiger partial charge is 0.507 e. The van der Waals surface area contributed by atoms with Crippen molar-refractivity contribution in [2.24, 2.45) is 0 Å². The first-order chi connectivity index (χ1) is 17.6. The van der Waals surface area contributed by atoms with Crippen LogP contribution in [0, 0.1) is 0 Å². The summed E-state index contributed by atoms with van der Waals surface area (Å²) in [5, 5.41) is 44.2. The molecule has 1 aromatic heterocycles. The van der Waals surface area contributed by atoms with Crippen LogP contribution < -0.4 is 15.1 Å². The van der Waals surface area contributed by atoms with E-state index in [-0.39, 0.29) is 28.0 Å². The molecule has 0 amide bonds. The maximum absolute atomic E-state index is 13.3. The second kappa shape index (κ2) is 9.18. The number of ether oxygens (including phenoxy) is 3. The molecule has 5 atom stereocenters. The molecule has 4 aromatic rings. The molecule has 9 nitrogen and oxygen atoms in total. The Labute approximate surface area is 212 Å². The summed E-state index contributed by atoms with van der Waals surface area (Å²) in [7, 11) is 2.98. The average molecular weight is 511 g/mol. The van der Waals surface area contributed by atoms with Gasteiger partial charge >= 0.3 is 5.63 Å². The highest BCUT2D eigenvalue weighted by molar-refractivity contribution is 6.19. The average Bonchev–Trinajstić information content (AvgIpc) is 3.17. The highest BCUT2D eigenvalue weighted by Crippen LogP contribution is 2.47. The number of methoxy groups -OCH3 is 2. The van der Waals surface area contributed by atoms with E-state index >= 15 is 0 Å². The van der Waals surface area contributed by atoms with Gasteiger partial charge in [0.25, 0.3) is 0 Å². The molecule has 2 heterocycles. The minimum absolute atomic E-state index is 0.136. The van der Waals surface area contributed by atoms with Gasteiger partial charge < -0.3 is 39.1 Å². The second-order valence-corrected chi connectivity index (χ2v) is 9.81. The van der Waals surface area contributed by atoms with E-state index in [0.29, 0.717) is 33.2 Å². The second-order valence-electron chi connectivity index (χ2n) is 9.81. The molecule has 0 aliphatic carbocycles. The van der Waals surface area contributed by atoms with Crippen LogP contribution >= 0.6 is 0 Å². The standard InChI is InChI=1S/C28H30O9/c1-11(2)13-8-16-20(18(9-13)34-4)15-10-19(35-5)22-17(30)7-6-14(21(22)26(15)37-28(16)33)27-24(32)23(31)25(36-27)12(3)29/h6-12,23-25,27,29-32H,1-5H3/t12-,23-,24-,25+,27-/m1/s1. The molecule has 1 aliphatic heterocycles. The molecule has 4 N–H and O–H groups in total. The van der Waals surface area contributed by atoms with Crippen molar-refractivity contribution in [1.29, 1.82) is 0 Å². The van der Waals surface area contributed by atoms with E-state index in [1.165, 1.54) is 33.3 Å². The van der Waals surface area contributed by atoms with Gasteiger partial charge in [-0.1, -0.05) is 19.9 Å². The number of hydrogen-bond donors (Lipinski definition) is 4. The number of fused-ring (bicyclic) bond motifs is 5. The van der Waals surface area contributed by atoms with Crippen LogP contribution in [0.15, 0.2) is 39.5 Å². The molecule has 37 heavy (non-hydrogen) atoms. The summed E-state index contributed by atoms with van der Waals surface area (Å²) in [5.74, 6) is 0.774. The summed E-state index contributed by atoms with van der Waals surface area (Å²) in [4.78, 5) is 13.3. The van der Waals surface area contributed by atoms with Crippen LogP contribution in [-0.2, 0) is 4.74 Å². The number of aliphatic hydroxyl groups excluding tert-OH is 3. The van der Waals surface area contributed by atoms with Crippen LogP contribution in [0.2, 0.25) is 0 Å². The highest BCUT2D eigenvalue weighted by Gasteiger charge is 2.46. The van der Waals surface area contributed by atoms with Crippen molar-refractivity contribution >= 4 is 32.5 Å². The van der Waals surface area contributed by atoms with Crippen LogP contribution in [-0.4, -0.2) is 59.1 Å². The fourth-order valence-electron chi connectivity index (χ4n) is 5.27. The number of aromatic hydroxyl groups is 1. The molecule has 1 aliphatic rings. The third-order valence-corrected chi connectivity index (χ3v) is 7.21. The number of benzene rings is 3. The van der Waals surface area contributed by atoms with E-state index in [1.54, 1.807) is 12.1 Å². The molecule has 3 aromatic carbocycles. The van der Waals surface area contributed by atoms with Crippen LogP contribution in [0.25, 0.3) is 32.5 Å². The summed E-state index contributed by atoms with van der Waals surface area (Å²) in [6.07, 6.45) is -5.91. The van der Waals surface area contributed by atoms with Gasteiger partial charge in [-0.3, -0.25) is 0 Å². The molecule has 196 valence electrons. The first kappa shape index (κ1) is 25.3. The van der Waals surface area contributed by atoms with Gasteiger partial charge in [0.15, 0.2) is 0 Å². The summed E-state index contributed by atoms with van der Waals surface area (Å²) >= 11 is 0. The minimum Gasteiger partial charge on any atom is -0.507 e. The number of phenolic OH excluding ortho intramolecular Hbond substituents is 1. The molecule has 0 bridgehead atoms. The third-order valence-electron chi connectivity index (χ3n) is 7.21. The lowest BCUT2D eigenvalue weighted by molar-refractivity contribution is -0.0586. The van der Waals surface area contributed by atoms with E-state index < -0.39 is 36.1 Å². The fraction of sp³-hybridized carbons (Fsp3) is 0.393. The Morgan fingerprint density at radius 3 is 2.16 bits per heavy atom. The van der Waals surface area contributed by atoms with Crippen molar-refractivity contribution in [3.8, 4) is 17.2 Å². The van der Waals surface area contributed by atoms with Crippen molar-refractivity contribution in [2.45, 2.75) is 57.2 Å². The van der Waals surface area contributed by atoms with E-state index in [4.69, 9.17) is 18.6 Å². The van der Waals surface area contributed by atoms with E-state index in [1.807, 2.05) is 19.9 Å². The summed E-state index contributed by atoms with van der Waals surface area (Å²) < 4.78 is 23.1. The summed E-state index contributed by atoms with van der Waals surface area (Å²) in [6.45, 7) is 5.48. The van der Waals surface area contributed by atoms with Crippen molar-refractivity contribution < 1.29 is 39.1 Å². The Kier molecular flexibility index (Phi) is 6.27. The molecule has 1 fully saturated rings. The Hall–Kier alpha value is -3.37. The third kappa shape index (κ3) is 3.81. The molecule has 0 unspecified atom stereocenters. The van der Waals surface area contributed by atoms with Crippen molar-refractivity contribution in [3.63, 3.8) is 0 Å². The number of aliphatic hydroxyl groups is 3. The van der Waals surface area contributed by atoms with Gasteiger partial charge in [-0.2, -0.15) is 0 Å². The lowest BCUT2D eigenvalue weighted by atomic mass is 9.91. The Balaban J connectivity index is 1.94. The van der Waals surface area contributed by atoms with Crippen LogP contribution in [0.3, 0.4) is 0 Å². The number of hydrogen-bond acceptors (Lipinski definition) is 9. The quantitative estimate of drug-likeness (QED) is 0.235. The fourth-order valence-corrected chi connectivity index (χ4v) is 5.27. The van der Waals surface area contributed by atoms with E-state index in [2.05, 4.69) is 0 Å². The minimum atomic E-state index is -1.39. The predicted octanol–water partition coefficient (Wildman–Crippen LogP) is 3.49. The Morgan fingerprint density at radius 1 is 0.892 bits per heavy atom. The van der Waals surface area contributed by atoms with Gasteiger partial charge in [0.1, 0.15) is 47.2 Å². The zero-order valence-corrected chi connectivity index (χ0v) is 21.2.